The fourth-order valence-electron chi connectivity index (χ4n) is 3.70. The molecule has 2 aromatic rings. The molecule has 1 aliphatic rings. The Morgan fingerprint density at radius 3 is 2.63 bits per heavy atom. The molecule has 0 saturated carbocycles. The largest absolute Gasteiger partial charge is 0.346 e. The highest BCUT2D eigenvalue weighted by Crippen LogP contribution is 2.35. The van der Waals surface area contributed by atoms with Crippen molar-refractivity contribution in [1.29, 1.82) is 0 Å². The van der Waals surface area contributed by atoms with Crippen LogP contribution in [-0.2, 0) is 9.59 Å². The minimum atomic E-state index is -0.257. The minimum absolute atomic E-state index is 0.0194. The van der Waals surface area contributed by atoms with Crippen LogP contribution in [0.2, 0.25) is 0 Å². The van der Waals surface area contributed by atoms with E-state index in [2.05, 4.69) is 33.0 Å². The number of anilines is 1. The van der Waals surface area contributed by atoms with Gasteiger partial charge in [-0.05, 0) is 62.7 Å². The van der Waals surface area contributed by atoms with Crippen LogP contribution in [0.3, 0.4) is 0 Å². The summed E-state index contributed by atoms with van der Waals surface area (Å²) in [5.41, 5.74) is 2.85. The van der Waals surface area contributed by atoms with Crippen LogP contribution in [0.1, 0.15) is 41.8 Å². The molecule has 27 heavy (non-hydrogen) atoms. The molecule has 0 radical (unpaired) electrons. The van der Waals surface area contributed by atoms with Crippen molar-refractivity contribution in [3.05, 3.63) is 51.7 Å². The van der Waals surface area contributed by atoms with Crippen molar-refractivity contribution >= 4 is 28.8 Å². The molecule has 1 saturated heterocycles. The topological polar surface area (TPSA) is 61.4 Å². The van der Waals surface area contributed by atoms with Crippen molar-refractivity contribution in [3.63, 3.8) is 0 Å². The van der Waals surface area contributed by atoms with Gasteiger partial charge in [-0.3, -0.25) is 14.5 Å². The first-order valence-corrected chi connectivity index (χ1v) is 10.3. The van der Waals surface area contributed by atoms with E-state index >= 15 is 0 Å². The lowest BCUT2D eigenvalue weighted by molar-refractivity contribution is -0.128. The normalized spacial score (nSPS) is 18.3. The van der Waals surface area contributed by atoms with E-state index in [4.69, 9.17) is 0 Å². The van der Waals surface area contributed by atoms with Crippen LogP contribution in [0.4, 0.5) is 5.69 Å². The molecule has 1 fully saturated rings. The molecule has 144 valence electrons. The second-order valence-corrected chi connectivity index (χ2v) is 8.10. The highest BCUT2D eigenvalue weighted by Gasteiger charge is 2.33. The maximum atomic E-state index is 12.6. The van der Waals surface area contributed by atoms with Crippen molar-refractivity contribution < 1.29 is 9.59 Å². The minimum Gasteiger partial charge on any atom is -0.346 e. The first-order chi connectivity index (χ1) is 13.0. The molecule has 1 aliphatic heterocycles. The summed E-state index contributed by atoms with van der Waals surface area (Å²) in [7, 11) is 0. The molecule has 1 aromatic carbocycles. The van der Waals surface area contributed by atoms with Gasteiger partial charge in [-0.15, -0.1) is 11.3 Å². The Labute approximate surface area is 164 Å². The summed E-state index contributed by atoms with van der Waals surface area (Å²) >= 11 is 1.74. The lowest BCUT2D eigenvalue weighted by atomic mass is 10.1. The number of thiophene rings is 1. The Morgan fingerprint density at radius 2 is 1.96 bits per heavy atom. The Balaban J connectivity index is 1.55. The van der Waals surface area contributed by atoms with Crippen LogP contribution >= 0.6 is 11.3 Å². The Kier molecular flexibility index (Phi) is 6.29. The van der Waals surface area contributed by atoms with E-state index in [1.165, 1.54) is 4.88 Å². The molecule has 0 bridgehead atoms. The second kappa shape index (κ2) is 8.67. The van der Waals surface area contributed by atoms with E-state index in [1.807, 2.05) is 39.0 Å². The number of para-hydroxylation sites is 1. The fourth-order valence-corrected chi connectivity index (χ4v) is 4.58. The SMILES string of the molecule is Cc1cccc(C)c1NC(=O)CNC(=O)[C@@H](C)N1CCC[C@@H]1c1cccs1. The predicted octanol–water partition coefficient (Wildman–Crippen LogP) is 3.65. The molecule has 2 heterocycles. The zero-order valence-corrected chi connectivity index (χ0v) is 16.9. The molecule has 5 nitrogen and oxygen atoms in total. The van der Waals surface area contributed by atoms with Crippen LogP contribution in [0, 0.1) is 13.8 Å². The van der Waals surface area contributed by atoms with Gasteiger partial charge in [0.15, 0.2) is 0 Å². The van der Waals surface area contributed by atoms with Gasteiger partial charge < -0.3 is 10.6 Å². The maximum absolute atomic E-state index is 12.6. The van der Waals surface area contributed by atoms with Gasteiger partial charge in [-0.2, -0.15) is 0 Å². The summed E-state index contributed by atoms with van der Waals surface area (Å²) in [5.74, 6) is -0.306. The van der Waals surface area contributed by atoms with Crippen molar-refractivity contribution in [2.75, 3.05) is 18.4 Å². The average Bonchev–Trinajstić information content (AvgIpc) is 3.33. The Morgan fingerprint density at radius 1 is 1.22 bits per heavy atom. The monoisotopic (exact) mass is 385 g/mol. The number of hydrogen-bond acceptors (Lipinski definition) is 4. The first kappa shape index (κ1) is 19.6. The fraction of sp³-hybridized carbons (Fsp3) is 0.429. The number of hydrogen-bond donors (Lipinski definition) is 2. The van der Waals surface area contributed by atoms with Crippen molar-refractivity contribution in [3.8, 4) is 0 Å². The number of amides is 2. The molecule has 2 atom stereocenters. The van der Waals surface area contributed by atoms with Gasteiger partial charge in [0.05, 0.1) is 12.6 Å². The lowest BCUT2D eigenvalue weighted by Gasteiger charge is -2.29. The predicted molar refractivity (Wildman–Crippen MR) is 110 cm³/mol. The van der Waals surface area contributed by atoms with Crippen LogP contribution in [0.15, 0.2) is 35.7 Å². The van der Waals surface area contributed by atoms with Gasteiger partial charge in [0.1, 0.15) is 0 Å². The van der Waals surface area contributed by atoms with Crippen LogP contribution in [0.5, 0.6) is 0 Å². The molecule has 2 amide bonds. The van der Waals surface area contributed by atoms with Crippen LogP contribution < -0.4 is 10.6 Å². The second-order valence-electron chi connectivity index (χ2n) is 7.12. The molecular weight excluding hydrogens is 358 g/mol. The average molecular weight is 386 g/mol. The van der Waals surface area contributed by atoms with Gasteiger partial charge in [0.25, 0.3) is 0 Å². The first-order valence-electron chi connectivity index (χ1n) is 9.40. The number of likely N-dealkylation sites (tertiary alicyclic amines) is 1. The van der Waals surface area contributed by atoms with E-state index < -0.39 is 0 Å². The third-order valence-electron chi connectivity index (χ3n) is 5.21. The molecule has 3 rings (SSSR count). The molecule has 0 unspecified atom stereocenters. The van der Waals surface area contributed by atoms with E-state index in [9.17, 15) is 9.59 Å². The lowest BCUT2D eigenvalue weighted by Crippen LogP contribution is -2.46. The van der Waals surface area contributed by atoms with Crippen molar-refractivity contribution in [2.24, 2.45) is 0 Å². The van der Waals surface area contributed by atoms with E-state index in [0.29, 0.717) is 6.04 Å². The Hall–Kier alpha value is -2.18. The van der Waals surface area contributed by atoms with Gasteiger partial charge in [0, 0.05) is 16.6 Å². The maximum Gasteiger partial charge on any atom is 0.243 e. The van der Waals surface area contributed by atoms with E-state index in [-0.39, 0.29) is 24.4 Å². The number of aryl methyl sites for hydroxylation is 2. The van der Waals surface area contributed by atoms with Gasteiger partial charge in [-0.25, -0.2) is 0 Å². The number of carbonyl (C=O) groups is 2. The number of benzene rings is 1. The highest BCUT2D eigenvalue weighted by atomic mass is 32.1. The summed E-state index contributed by atoms with van der Waals surface area (Å²) in [5, 5.41) is 7.78. The summed E-state index contributed by atoms with van der Waals surface area (Å²) in [6.45, 7) is 6.73. The number of nitrogens with one attached hydrogen (secondary N) is 2. The summed E-state index contributed by atoms with van der Waals surface area (Å²) in [6, 6.07) is 10.1. The van der Waals surface area contributed by atoms with Crippen molar-refractivity contribution in [2.45, 2.75) is 45.7 Å². The van der Waals surface area contributed by atoms with Crippen molar-refractivity contribution in [1.82, 2.24) is 10.2 Å². The van der Waals surface area contributed by atoms with Gasteiger partial charge in [-0.1, -0.05) is 24.3 Å². The van der Waals surface area contributed by atoms with Gasteiger partial charge in [0.2, 0.25) is 11.8 Å². The quantitative estimate of drug-likeness (QED) is 0.798. The van der Waals surface area contributed by atoms with E-state index in [1.54, 1.807) is 11.3 Å². The van der Waals surface area contributed by atoms with Crippen LogP contribution in [-0.4, -0.2) is 35.8 Å². The standard InChI is InChI=1S/C21H27N3O2S/c1-14-7-4-8-15(2)20(14)23-19(25)13-22-21(26)16(3)24-11-5-9-17(24)18-10-6-12-27-18/h4,6-8,10,12,16-17H,5,9,11,13H2,1-3H3,(H,22,26)(H,23,25)/t16-,17-/m1/s1. The number of nitrogens with zero attached hydrogens (tertiary/aromatic N) is 1. The molecular formula is C21H27N3O2S. The third kappa shape index (κ3) is 4.57. The van der Waals surface area contributed by atoms with Gasteiger partial charge >= 0.3 is 0 Å². The molecule has 6 heteroatoms. The number of carbonyl (C=O) groups excluding carboxylic acids is 2. The summed E-state index contributed by atoms with van der Waals surface area (Å²) < 4.78 is 0. The number of rotatable bonds is 6. The highest BCUT2D eigenvalue weighted by molar-refractivity contribution is 7.10. The zero-order valence-electron chi connectivity index (χ0n) is 16.1. The smallest absolute Gasteiger partial charge is 0.243 e. The summed E-state index contributed by atoms with van der Waals surface area (Å²) in [4.78, 5) is 28.4. The molecule has 1 aromatic heterocycles. The molecule has 0 spiro atoms. The van der Waals surface area contributed by atoms with E-state index in [0.717, 1.165) is 36.2 Å². The molecule has 2 N–H and O–H groups in total. The third-order valence-corrected chi connectivity index (χ3v) is 6.18. The zero-order chi connectivity index (χ0) is 19.4. The summed E-state index contributed by atoms with van der Waals surface area (Å²) in [6.07, 6.45) is 2.17. The van der Waals surface area contributed by atoms with Crippen LogP contribution in [0.25, 0.3) is 0 Å². The molecule has 0 aliphatic carbocycles. The Bertz CT molecular complexity index is 784.